The number of ether oxygens (including phenoxy) is 1. The smallest absolute Gasteiger partial charge is 0.306 e. The predicted octanol–water partition coefficient (Wildman–Crippen LogP) is 2.63. The molecule has 2 rings (SSSR count). The first kappa shape index (κ1) is 21.2. The van der Waals surface area contributed by atoms with E-state index in [0.29, 0.717) is 5.56 Å². The standard InChI is InChI=1S/C18H23NO6S2/c1-14(2)19(27(22,23)16-8-6-5-7-9-16)13-15-10-11-17(24-3)18(12-15)25-26(4,20)21/h5-12,14H,13H2,1-4H3. The fraction of sp³-hybridized carbons (Fsp3) is 0.333. The molecule has 0 aliphatic heterocycles. The van der Waals surface area contributed by atoms with E-state index >= 15 is 0 Å². The SMILES string of the molecule is COc1ccc(CN(C(C)C)S(=O)(=O)c2ccccc2)cc1OS(C)(=O)=O. The second-order valence-electron chi connectivity index (χ2n) is 6.23. The van der Waals surface area contributed by atoms with E-state index < -0.39 is 20.1 Å². The molecule has 9 heteroatoms. The summed E-state index contributed by atoms with van der Waals surface area (Å²) in [7, 11) is -6.08. The van der Waals surface area contributed by atoms with Gasteiger partial charge in [-0.25, -0.2) is 8.42 Å². The Hall–Kier alpha value is -2.10. The van der Waals surface area contributed by atoms with Crippen LogP contribution in [0.25, 0.3) is 0 Å². The third kappa shape index (κ3) is 5.44. The van der Waals surface area contributed by atoms with Gasteiger partial charge in [0.25, 0.3) is 0 Å². The number of sulfonamides is 1. The van der Waals surface area contributed by atoms with Crippen molar-refractivity contribution in [2.45, 2.75) is 31.3 Å². The van der Waals surface area contributed by atoms with Crippen molar-refractivity contribution in [3.63, 3.8) is 0 Å². The quantitative estimate of drug-likeness (QED) is 0.618. The van der Waals surface area contributed by atoms with Gasteiger partial charge in [-0.05, 0) is 43.7 Å². The van der Waals surface area contributed by atoms with Crippen molar-refractivity contribution in [1.29, 1.82) is 0 Å². The van der Waals surface area contributed by atoms with Crippen LogP contribution in [0.2, 0.25) is 0 Å². The Bertz CT molecular complexity index is 986. The minimum absolute atomic E-state index is 0.0123. The summed E-state index contributed by atoms with van der Waals surface area (Å²) < 4.78 is 60.3. The van der Waals surface area contributed by atoms with Crippen molar-refractivity contribution in [3.8, 4) is 11.5 Å². The molecule has 0 aliphatic rings. The van der Waals surface area contributed by atoms with Crippen LogP contribution in [0, 0.1) is 0 Å². The number of rotatable bonds is 8. The Morgan fingerprint density at radius 2 is 1.59 bits per heavy atom. The van der Waals surface area contributed by atoms with Gasteiger partial charge in [0.2, 0.25) is 10.0 Å². The third-order valence-corrected chi connectivity index (χ3v) is 6.25. The maximum atomic E-state index is 13.0. The zero-order valence-electron chi connectivity index (χ0n) is 15.6. The summed E-state index contributed by atoms with van der Waals surface area (Å²) in [5, 5.41) is 0. The van der Waals surface area contributed by atoms with Crippen LogP contribution in [-0.2, 0) is 26.7 Å². The first-order chi connectivity index (χ1) is 12.5. The van der Waals surface area contributed by atoms with Crippen LogP contribution in [-0.4, -0.2) is 40.5 Å². The van der Waals surface area contributed by atoms with Crippen molar-refractivity contribution in [1.82, 2.24) is 4.31 Å². The first-order valence-corrected chi connectivity index (χ1v) is 11.4. The van der Waals surface area contributed by atoms with Crippen LogP contribution < -0.4 is 8.92 Å². The van der Waals surface area contributed by atoms with E-state index in [1.807, 2.05) is 0 Å². The highest BCUT2D eigenvalue weighted by Gasteiger charge is 2.27. The molecule has 0 unspecified atom stereocenters. The highest BCUT2D eigenvalue weighted by molar-refractivity contribution is 7.89. The molecule has 0 amide bonds. The highest BCUT2D eigenvalue weighted by atomic mass is 32.2. The lowest BCUT2D eigenvalue weighted by molar-refractivity contribution is 0.346. The molecule has 0 aliphatic carbocycles. The van der Waals surface area contributed by atoms with Gasteiger partial charge in [-0.3, -0.25) is 0 Å². The molecule has 0 bridgehead atoms. The minimum Gasteiger partial charge on any atom is -0.493 e. The molecule has 0 radical (unpaired) electrons. The average molecular weight is 414 g/mol. The van der Waals surface area contributed by atoms with Crippen LogP contribution in [0.5, 0.6) is 11.5 Å². The Kier molecular flexibility index (Phi) is 6.50. The molecule has 0 aromatic heterocycles. The Morgan fingerprint density at radius 3 is 2.11 bits per heavy atom. The third-order valence-electron chi connectivity index (χ3n) is 3.73. The van der Waals surface area contributed by atoms with Crippen LogP contribution in [0.1, 0.15) is 19.4 Å². The number of benzene rings is 2. The molecule has 0 N–H and O–H groups in total. The van der Waals surface area contributed by atoms with Crippen LogP contribution in [0.3, 0.4) is 0 Å². The largest absolute Gasteiger partial charge is 0.493 e. The van der Waals surface area contributed by atoms with Gasteiger partial charge in [-0.2, -0.15) is 12.7 Å². The van der Waals surface area contributed by atoms with Crippen molar-refractivity contribution >= 4 is 20.1 Å². The lowest BCUT2D eigenvalue weighted by Crippen LogP contribution is -2.36. The molecule has 0 saturated carbocycles. The van der Waals surface area contributed by atoms with Gasteiger partial charge in [0.15, 0.2) is 11.5 Å². The van der Waals surface area contributed by atoms with E-state index in [1.165, 1.54) is 29.6 Å². The number of nitrogens with zero attached hydrogens (tertiary/aromatic N) is 1. The van der Waals surface area contributed by atoms with Crippen LogP contribution >= 0.6 is 0 Å². The number of hydrogen-bond acceptors (Lipinski definition) is 6. The van der Waals surface area contributed by atoms with Crippen molar-refractivity contribution in [2.24, 2.45) is 0 Å². The minimum atomic E-state index is -3.75. The fourth-order valence-electron chi connectivity index (χ4n) is 2.50. The summed E-state index contributed by atoms with van der Waals surface area (Å²) >= 11 is 0. The molecule has 0 spiro atoms. The number of methoxy groups -OCH3 is 1. The molecule has 148 valence electrons. The second kappa shape index (κ2) is 8.28. The van der Waals surface area contributed by atoms with Gasteiger partial charge in [0.05, 0.1) is 18.3 Å². The first-order valence-electron chi connectivity index (χ1n) is 8.18. The van der Waals surface area contributed by atoms with Crippen molar-refractivity contribution < 1.29 is 25.8 Å². The summed E-state index contributed by atoms with van der Waals surface area (Å²) in [6.45, 7) is 3.61. The van der Waals surface area contributed by atoms with E-state index in [2.05, 4.69) is 0 Å². The topological polar surface area (TPSA) is 90.0 Å². The van der Waals surface area contributed by atoms with Crippen LogP contribution in [0.15, 0.2) is 53.4 Å². The maximum absolute atomic E-state index is 13.0. The lowest BCUT2D eigenvalue weighted by Gasteiger charge is -2.26. The second-order valence-corrected chi connectivity index (χ2v) is 9.70. The predicted molar refractivity (Wildman–Crippen MR) is 103 cm³/mol. The zero-order valence-corrected chi connectivity index (χ0v) is 17.2. The van der Waals surface area contributed by atoms with Gasteiger partial charge in [-0.1, -0.05) is 24.3 Å². The van der Waals surface area contributed by atoms with E-state index in [1.54, 1.807) is 44.2 Å². The van der Waals surface area contributed by atoms with Crippen molar-refractivity contribution in [3.05, 3.63) is 54.1 Å². The molecule has 0 heterocycles. The van der Waals surface area contributed by atoms with Gasteiger partial charge < -0.3 is 8.92 Å². The fourth-order valence-corrected chi connectivity index (χ4v) is 4.60. The van der Waals surface area contributed by atoms with Crippen molar-refractivity contribution in [2.75, 3.05) is 13.4 Å². The zero-order chi connectivity index (χ0) is 20.2. The average Bonchev–Trinajstić information content (AvgIpc) is 2.59. The molecular weight excluding hydrogens is 390 g/mol. The molecule has 7 nitrogen and oxygen atoms in total. The molecule has 0 atom stereocenters. The Labute approximate surface area is 160 Å². The van der Waals surface area contributed by atoms with Gasteiger partial charge >= 0.3 is 10.1 Å². The Morgan fingerprint density at radius 1 is 0.963 bits per heavy atom. The summed E-state index contributed by atoms with van der Waals surface area (Å²) in [5.74, 6) is 0.254. The summed E-state index contributed by atoms with van der Waals surface area (Å²) in [6, 6.07) is 12.5. The van der Waals surface area contributed by atoms with E-state index in [0.717, 1.165) is 6.26 Å². The molecule has 0 fully saturated rings. The van der Waals surface area contributed by atoms with Gasteiger partial charge in [0, 0.05) is 12.6 Å². The van der Waals surface area contributed by atoms with E-state index in [4.69, 9.17) is 8.92 Å². The maximum Gasteiger partial charge on any atom is 0.306 e. The molecule has 2 aromatic carbocycles. The lowest BCUT2D eigenvalue weighted by atomic mass is 10.2. The normalized spacial score (nSPS) is 12.4. The highest BCUT2D eigenvalue weighted by Crippen LogP contribution is 2.30. The van der Waals surface area contributed by atoms with Gasteiger partial charge in [-0.15, -0.1) is 0 Å². The summed E-state index contributed by atoms with van der Waals surface area (Å²) in [5.41, 5.74) is 0.572. The molecular formula is C18H23NO6S2. The van der Waals surface area contributed by atoms with E-state index in [-0.39, 0.29) is 29.0 Å². The summed E-state index contributed by atoms with van der Waals surface area (Å²) in [4.78, 5) is 0.194. The molecule has 27 heavy (non-hydrogen) atoms. The monoisotopic (exact) mass is 413 g/mol. The van der Waals surface area contributed by atoms with Crippen LogP contribution in [0.4, 0.5) is 0 Å². The molecule has 0 saturated heterocycles. The summed E-state index contributed by atoms with van der Waals surface area (Å²) in [6.07, 6.45) is 0.930. The van der Waals surface area contributed by atoms with Gasteiger partial charge in [0.1, 0.15) is 0 Å². The molecule has 2 aromatic rings. The number of hydrogen-bond donors (Lipinski definition) is 0. The van der Waals surface area contributed by atoms with E-state index in [9.17, 15) is 16.8 Å². The Balaban J connectivity index is 2.41.